The Kier molecular flexibility index (Phi) is 9.43. The third-order valence-corrected chi connectivity index (χ3v) is 5.16. The Morgan fingerprint density at radius 3 is 2.07 bits per heavy atom. The van der Waals surface area contributed by atoms with E-state index < -0.39 is 0 Å². The minimum absolute atomic E-state index is 0.218. The molecular weight excluding hydrogens is 336 g/mol. The number of unbranched alkanes of at least 4 members (excludes halogenated alkanes) is 1. The largest absolute Gasteiger partial charge is 0.393 e. The van der Waals surface area contributed by atoms with Crippen molar-refractivity contribution in [2.24, 2.45) is 5.92 Å². The van der Waals surface area contributed by atoms with Gasteiger partial charge in [-0.15, -0.1) is 0 Å². The Morgan fingerprint density at radius 2 is 1.44 bits per heavy atom. The van der Waals surface area contributed by atoms with Crippen LogP contribution in [0, 0.1) is 5.92 Å². The molecule has 2 atom stereocenters. The number of aromatic amines is 1. The van der Waals surface area contributed by atoms with Crippen LogP contribution in [0.2, 0.25) is 0 Å². The number of rotatable bonds is 12. The molecule has 0 aliphatic rings. The van der Waals surface area contributed by atoms with Gasteiger partial charge in [-0.25, -0.2) is 9.55 Å². The standard InChI is InChI=1S/C23H35N2O2/c1-19(2)23(27)9-4-3-8-22(26)18-25-16-12-21(13-17-25)7-5-6-20-10-14-24-15-11-20/h10-17,19,22-23,26-27H,3-9,18H2,1-2H3/q+1/p+1. The minimum Gasteiger partial charge on any atom is -0.393 e. The summed E-state index contributed by atoms with van der Waals surface area (Å²) in [6, 6.07) is 8.57. The van der Waals surface area contributed by atoms with Crippen LogP contribution in [0.1, 0.15) is 57.1 Å². The van der Waals surface area contributed by atoms with Gasteiger partial charge in [-0.2, -0.15) is 0 Å². The monoisotopic (exact) mass is 372 g/mol. The van der Waals surface area contributed by atoms with E-state index in [-0.39, 0.29) is 12.2 Å². The van der Waals surface area contributed by atoms with E-state index in [1.807, 2.05) is 26.2 Å². The number of aliphatic hydroxyl groups is 2. The predicted molar refractivity (Wildman–Crippen MR) is 107 cm³/mol. The molecule has 2 aromatic heterocycles. The second-order valence-corrected chi connectivity index (χ2v) is 7.91. The van der Waals surface area contributed by atoms with Crippen molar-refractivity contribution in [2.45, 2.75) is 77.5 Å². The molecule has 4 heteroatoms. The zero-order chi connectivity index (χ0) is 19.5. The summed E-state index contributed by atoms with van der Waals surface area (Å²) in [4.78, 5) is 3.05. The van der Waals surface area contributed by atoms with E-state index in [4.69, 9.17) is 0 Å². The van der Waals surface area contributed by atoms with Crippen LogP contribution in [0.3, 0.4) is 0 Å². The average Bonchev–Trinajstić information content (AvgIpc) is 2.67. The molecule has 27 heavy (non-hydrogen) atoms. The number of aryl methyl sites for hydroxylation is 2. The second-order valence-electron chi connectivity index (χ2n) is 7.91. The van der Waals surface area contributed by atoms with Gasteiger partial charge in [0.25, 0.3) is 0 Å². The van der Waals surface area contributed by atoms with E-state index in [1.165, 1.54) is 11.1 Å². The molecule has 0 saturated heterocycles. The van der Waals surface area contributed by atoms with Crippen LogP contribution in [0.25, 0.3) is 0 Å². The van der Waals surface area contributed by atoms with E-state index in [0.717, 1.165) is 44.9 Å². The number of hydrogen-bond donors (Lipinski definition) is 2. The Bertz CT molecular complexity index is 629. The van der Waals surface area contributed by atoms with Crippen LogP contribution in [0.4, 0.5) is 0 Å². The summed E-state index contributed by atoms with van der Waals surface area (Å²) in [5.41, 5.74) is 2.70. The molecule has 0 radical (unpaired) electrons. The third-order valence-electron chi connectivity index (χ3n) is 5.16. The van der Waals surface area contributed by atoms with Gasteiger partial charge < -0.3 is 10.2 Å². The average molecular weight is 373 g/mol. The SMILES string of the molecule is CC(C)C(O)CCCCC(O)C[n+]1ccc(CCCc2cc[nH+]cc2)cc1. The zero-order valence-corrected chi connectivity index (χ0v) is 16.8. The van der Waals surface area contributed by atoms with Gasteiger partial charge in [0, 0.05) is 24.3 Å². The van der Waals surface area contributed by atoms with Crippen LogP contribution in [0.5, 0.6) is 0 Å². The summed E-state index contributed by atoms with van der Waals surface area (Å²) in [5.74, 6) is 0.315. The molecule has 0 bridgehead atoms. The van der Waals surface area contributed by atoms with Gasteiger partial charge in [-0.1, -0.05) is 26.7 Å². The third kappa shape index (κ3) is 8.63. The first kappa shape index (κ1) is 21.5. The smallest absolute Gasteiger partial charge is 0.174 e. The lowest BCUT2D eigenvalue weighted by Crippen LogP contribution is -2.39. The summed E-state index contributed by atoms with van der Waals surface area (Å²) in [6.45, 7) is 4.72. The minimum atomic E-state index is -0.327. The number of aliphatic hydroxyl groups excluding tert-OH is 2. The van der Waals surface area contributed by atoms with Gasteiger partial charge in [-0.3, -0.25) is 0 Å². The van der Waals surface area contributed by atoms with E-state index in [1.54, 1.807) is 0 Å². The zero-order valence-electron chi connectivity index (χ0n) is 16.8. The molecule has 148 valence electrons. The first-order valence-corrected chi connectivity index (χ1v) is 10.3. The van der Waals surface area contributed by atoms with E-state index >= 15 is 0 Å². The van der Waals surface area contributed by atoms with Crippen molar-refractivity contribution in [2.75, 3.05) is 0 Å². The fraction of sp³-hybridized carbons (Fsp3) is 0.565. The number of hydrogen-bond acceptors (Lipinski definition) is 2. The molecule has 0 aliphatic heterocycles. The van der Waals surface area contributed by atoms with Gasteiger partial charge in [0.2, 0.25) is 0 Å². The summed E-state index contributed by atoms with van der Waals surface area (Å²) >= 11 is 0. The van der Waals surface area contributed by atoms with Crippen LogP contribution in [0.15, 0.2) is 49.1 Å². The van der Waals surface area contributed by atoms with Crippen molar-refractivity contribution in [3.63, 3.8) is 0 Å². The summed E-state index contributed by atoms with van der Waals surface area (Å²) in [6.07, 6.45) is 14.4. The van der Waals surface area contributed by atoms with Gasteiger partial charge in [0.15, 0.2) is 31.3 Å². The van der Waals surface area contributed by atoms with Crippen LogP contribution >= 0.6 is 0 Å². The maximum absolute atomic E-state index is 10.2. The molecular formula is C23H36N2O2+2. The normalized spacial score (nSPS) is 13.7. The fourth-order valence-electron chi connectivity index (χ4n) is 3.26. The molecule has 0 saturated carbocycles. The highest BCUT2D eigenvalue weighted by Gasteiger charge is 2.12. The topological polar surface area (TPSA) is 58.5 Å². The highest BCUT2D eigenvalue weighted by atomic mass is 16.3. The second kappa shape index (κ2) is 11.8. The van der Waals surface area contributed by atoms with Crippen LogP contribution < -0.4 is 9.55 Å². The lowest BCUT2D eigenvalue weighted by Gasteiger charge is -2.14. The van der Waals surface area contributed by atoms with Gasteiger partial charge >= 0.3 is 0 Å². The predicted octanol–water partition coefficient (Wildman–Crippen LogP) is 2.90. The number of aromatic nitrogens is 2. The van der Waals surface area contributed by atoms with Crippen LogP contribution in [-0.2, 0) is 19.4 Å². The van der Waals surface area contributed by atoms with Crippen molar-refractivity contribution in [1.29, 1.82) is 0 Å². The molecule has 2 rings (SSSR count). The molecule has 2 unspecified atom stereocenters. The quantitative estimate of drug-likeness (QED) is 0.445. The lowest BCUT2D eigenvalue weighted by molar-refractivity contribution is -0.703. The summed E-state index contributed by atoms with van der Waals surface area (Å²) in [5, 5.41) is 20.0. The van der Waals surface area contributed by atoms with Crippen molar-refractivity contribution < 1.29 is 19.8 Å². The molecule has 4 nitrogen and oxygen atoms in total. The molecule has 0 spiro atoms. The maximum Gasteiger partial charge on any atom is 0.174 e. The Morgan fingerprint density at radius 1 is 0.852 bits per heavy atom. The molecule has 0 amide bonds. The van der Waals surface area contributed by atoms with Crippen molar-refractivity contribution in [3.05, 3.63) is 60.2 Å². The van der Waals surface area contributed by atoms with E-state index in [9.17, 15) is 10.2 Å². The van der Waals surface area contributed by atoms with Gasteiger partial charge in [0.05, 0.1) is 6.10 Å². The molecule has 2 aromatic rings. The highest BCUT2D eigenvalue weighted by molar-refractivity contribution is 5.10. The van der Waals surface area contributed by atoms with Crippen molar-refractivity contribution in [3.8, 4) is 0 Å². The number of nitrogens with one attached hydrogen (secondary N) is 1. The molecule has 3 N–H and O–H groups in total. The summed E-state index contributed by atoms with van der Waals surface area (Å²) < 4.78 is 2.06. The number of pyridine rings is 2. The van der Waals surface area contributed by atoms with Gasteiger partial charge in [0.1, 0.15) is 6.10 Å². The Hall–Kier alpha value is -1.78. The van der Waals surface area contributed by atoms with E-state index in [0.29, 0.717) is 12.5 Å². The number of H-pyrrole nitrogens is 1. The van der Waals surface area contributed by atoms with Crippen LogP contribution in [-0.4, -0.2) is 22.4 Å². The molecule has 0 aromatic carbocycles. The molecule has 2 heterocycles. The summed E-state index contributed by atoms with van der Waals surface area (Å²) in [7, 11) is 0. The fourth-order valence-corrected chi connectivity index (χ4v) is 3.26. The maximum atomic E-state index is 10.2. The van der Waals surface area contributed by atoms with Gasteiger partial charge in [-0.05, 0) is 49.1 Å². The van der Waals surface area contributed by atoms with Crippen molar-refractivity contribution in [1.82, 2.24) is 0 Å². The van der Waals surface area contributed by atoms with E-state index in [2.05, 4.69) is 46.2 Å². The first-order valence-electron chi connectivity index (χ1n) is 10.3. The first-order chi connectivity index (χ1) is 13.0. The van der Waals surface area contributed by atoms with Crippen molar-refractivity contribution >= 4 is 0 Å². The molecule has 0 fully saturated rings. The highest BCUT2D eigenvalue weighted by Crippen LogP contribution is 2.12. The molecule has 0 aliphatic carbocycles. The Balaban J connectivity index is 1.64. The number of nitrogens with zero attached hydrogens (tertiary/aromatic N) is 1. The lowest BCUT2D eigenvalue weighted by atomic mass is 10.00. The Labute approximate surface area is 163 Å².